The van der Waals surface area contributed by atoms with Crippen molar-refractivity contribution in [2.45, 2.75) is 38.1 Å². The molecule has 0 radical (unpaired) electrons. The molecule has 0 unspecified atom stereocenters. The lowest BCUT2D eigenvalue weighted by Gasteiger charge is -2.22. The summed E-state index contributed by atoms with van der Waals surface area (Å²) in [5.74, 6) is 0. The van der Waals surface area contributed by atoms with E-state index in [0.717, 1.165) is 18.4 Å². The van der Waals surface area contributed by atoms with Crippen molar-refractivity contribution in [3.8, 4) is 6.07 Å². The van der Waals surface area contributed by atoms with E-state index in [2.05, 4.69) is 9.97 Å². The van der Waals surface area contributed by atoms with Crippen LogP contribution in [0, 0.1) is 11.3 Å². The Balaban J connectivity index is 2.17. The van der Waals surface area contributed by atoms with Crippen LogP contribution in [0.15, 0.2) is 17.1 Å². The SMILES string of the molecule is N#Cc1cc2c(cn1)[nH]c(=O)n2C1CCCCC1. The van der Waals surface area contributed by atoms with Gasteiger partial charge < -0.3 is 4.98 Å². The number of pyridine rings is 1. The van der Waals surface area contributed by atoms with E-state index in [-0.39, 0.29) is 11.7 Å². The van der Waals surface area contributed by atoms with E-state index >= 15 is 0 Å². The number of nitrogens with one attached hydrogen (secondary N) is 1. The highest BCUT2D eigenvalue weighted by molar-refractivity contribution is 5.75. The molecule has 0 aromatic carbocycles. The molecule has 0 atom stereocenters. The summed E-state index contributed by atoms with van der Waals surface area (Å²) in [6.07, 6.45) is 7.22. The fourth-order valence-electron chi connectivity index (χ4n) is 2.79. The first kappa shape index (κ1) is 11.0. The van der Waals surface area contributed by atoms with Crippen LogP contribution in [0.4, 0.5) is 0 Å². The minimum Gasteiger partial charge on any atom is -0.304 e. The van der Waals surface area contributed by atoms with E-state index in [1.807, 2.05) is 6.07 Å². The Morgan fingerprint density at radius 1 is 1.39 bits per heavy atom. The summed E-state index contributed by atoms with van der Waals surface area (Å²) in [4.78, 5) is 18.8. The fraction of sp³-hybridized carbons (Fsp3) is 0.462. The predicted octanol–water partition coefficient (Wildman–Crippen LogP) is 2.10. The molecule has 1 saturated carbocycles. The largest absolute Gasteiger partial charge is 0.326 e. The summed E-state index contributed by atoms with van der Waals surface area (Å²) in [6, 6.07) is 3.97. The first-order valence-electron chi connectivity index (χ1n) is 6.30. The van der Waals surface area contributed by atoms with Gasteiger partial charge in [-0.05, 0) is 12.8 Å². The van der Waals surface area contributed by atoms with Gasteiger partial charge in [0, 0.05) is 12.1 Å². The van der Waals surface area contributed by atoms with Crippen molar-refractivity contribution < 1.29 is 0 Å². The summed E-state index contributed by atoms with van der Waals surface area (Å²) >= 11 is 0. The molecule has 2 heterocycles. The van der Waals surface area contributed by atoms with Crippen LogP contribution < -0.4 is 5.69 Å². The standard InChI is InChI=1S/C13H14N4O/c14-7-9-6-12-11(8-15-9)16-13(18)17(12)10-4-2-1-3-5-10/h6,8,10H,1-5H2,(H,16,18). The Labute approximate surface area is 104 Å². The van der Waals surface area contributed by atoms with Crippen LogP contribution in [0.2, 0.25) is 0 Å². The Bertz CT molecular complexity index is 670. The third-order valence-corrected chi connectivity index (χ3v) is 3.66. The van der Waals surface area contributed by atoms with Gasteiger partial charge in [-0.15, -0.1) is 0 Å². The molecule has 1 aliphatic rings. The molecular weight excluding hydrogens is 228 g/mol. The van der Waals surface area contributed by atoms with Crippen molar-refractivity contribution in [3.05, 3.63) is 28.4 Å². The van der Waals surface area contributed by atoms with Crippen LogP contribution in [0.1, 0.15) is 43.8 Å². The lowest BCUT2D eigenvalue weighted by atomic mass is 9.95. The van der Waals surface area contributed by atoms with E-state index in [0.29, 0.717) is 11.2 Å². The minimum absolute atomic E-state index is 0.0891. The first-order valence-corrected chi connectivity index (χ1v) is 6.30. The minimum atomic E-state index is -0.0891. The van der Waals surface area contributed by atoms with Crippen molar-refractivity contribution in [3.63, 3.8) is 0 Å². The maximum absolute atomic E-state index is 12.0. The number of nitriles is 1. The second kappa shape index (κ2) is 4.30. The van der Waals surface area contributed by atoms with E-state index in [1.165, 1.54) is 19.3 Å². The smallest absolute Gasteiger partial charge is 0.304 e. The van der Waals surface area contributed by atoms with Crippen LogP contribution >= 0.6 is 0 Å². The molecule has 0 amide bonds. The highest BCUT2D eigenvalue weighted by Crippen LogP contribution is 2.29. The topological polar surface area (TPSA) is 74.5 Å². The number of aromatic amines is 1. The molecule has 1 N–H and O–H groups in total. The van der Waals surface area contributed by atoms with Gasteiger partial charge in [0.15, 0.2) is 0 Å². The van der Waals surface area contributed by atoms with Gasteiger partial charge >= 0.3 is 5.69 Å². The van der Waals surface area contributed by atoms with Crippen LogP contribution in [-0.4, -0.2) is 14.5 Å². The number of rotatable bonds is 1. The van der Waals surface area contributed by atoms with Crippen molar-refractivity contribution in [1.29, 1.82) is 5.26 Å². The Kier molecular flexibility index (Phi) is 2.63. The molecular formula is C13H14N4O. The van der Waals surface area contributed by atoms with Gasteiger partial charge in [0.1, 0.15) is 11.8 Å². The van der Waals surface area contributed by atoms with Crippen LogP contribution in [0.25, 0.3) is 11.0 Å². The molecule has 3 rings (SSSR count). The highest BCUT2D eigenvalue weighted by Gasteiger charge is 2.20. The molecule has 0 saturated heterocycles. The quantitative estimate of drug-likeness (QED) is 0.832. The summed E-state index contributed by atoms with van der Waals surface area (Å²) < 4.78 is 1.80. The Morgan fingerprint density at radius 2 is 2.17 bits per heavy atom. The van der Waals surface area contributed by atoms with E-state index in [4.69, 9.17) is 5.26 Å². The average Bonchev–Trinajstić information content (AvgIpc) is 2.74. The molecule has 18 heavy (non-hydrogen) atoms. The van der Waals surface area contributed by atoms with Gasteiger partial charge in [-0.1, -0.05) is 19.3 Å². The summed E-state index contributed by atoms with van der Waals surface area (Å²) in [6.45, 7) is 0. The molecule has 5 nitrogen and oxygen atoms in total. The van der Waals surface area contributed by atoms with Gasteiger partial charge in [-0.3, -0.25) is 4.57 Å². The zero-order valence-electron chi connectivity index (χ0n) is 10.0. The molecule has 0 aliphatic heterocycles. The lowest BCUT2D eigenvalue weighted by Crippen LogP contribution is -2.23. The first-order chi connectivity index (χ1) is 8.79. The maximum atomic E-state index is 12.0. The molecule has 1 fully saturated rings. The monoisotopic (exact) mass is 242 g/mol. The number of H-pyrrole nitrogens is 1. The molecule has 0 spiro atoms. The van der Waals surface area contributed by atoms with E-state index in [1.54, 1.807) is 16.8 Å². The van der Waals surface area contributed by atoms with Gasteiger partial charge in [0.25, 0.3) is 0 Å². The lowest BCUT2D eigenvalue weighted by molar-refractivity contribution is 0.353. The second-order valence-corrected chi connectivity index (χ2v) is 4.79. The molecule has 0 bridgehead atoms. The van der Waals surface area contributed by atoms with Gasteiger partial charge in [0.2, 0.25) is 0 Å². The van der Waals surface area contributed by atoms with Crippen LogP contribution in [0.3, 0.4) is 0 Å². The van der Waals surface area contributed by atoms with Crippen molar-refractivity contribution in [2.75, 3.05) is 0 Å². The zero-order chi connectivity index (χ0) is 12.5. The second-order valence-electron chi connectivity index (χ2n) is 4.79. The molecule has 2 aromatic rings. The van der Waals surface area contributed by atoms with E-state index in [9.17, 15) is 4.79 Å². The number of nitrogens with zero attached hydrogens (tertiary/aromatic N) is 3. The van der Waals surface area contributed by atoms with Crippen LogP contribution in [-0.2, 0) is 0 Å². The fourth-order valence-corrected chi connectivity index (χ4v) is 2.79. The average molecular weight is 242 g/mol. The number of hydrogen-bond donors (Lipinski definition) is 1. The number of fused-ring (bicyclic) bond motifs is 1. The summed E-state index contributed by atoms with van der Waals surface area (Å²) in [7, 11) is 0. The van der Waals surface area contributed by atoms with Gasteiger partial charge in [-0.25, -0.2) is 9.78 Å². The van der Waals surface area contributed by atoms with Crippen molar-refractivity contribution >= 4 is 11.0 Å². The summed E-state index contributed by atoms with van der Waals surface area (Å²) in [5.41, 5.74) is 1.78. The predicted molar refractivity (Wildman–Crippen MR) is 67.2 cm³/mol. The van der Waals surface area contributed by atoms with E-state index < -0.39 is 0 Å². The normalized spacial score (nSPS) is 16.8. The zero-order valence-corrected chi connectivity index (χ0v) is 10.0. The van der Waals surface area contributed by atoms with Crippen molar-refractivity contribution in [1.82, 2.24) is 14.5 Å². The summed E-state index contributed by atoms with van der Waals surface area (Å²) in [5, 5.41) is 8.90. The third kappa shape index (κ3) is 1.70. The maximum Gasteiger partial charge on any atom is 0.326 e. The Hall–Kier alpha value is -2.09. The molecule has 2 aromatic heterocycles. The highest BCUT2D eigenvalue weighted by atomic mass is 16.1. The third-order valence-electron chi connectivity index (χ3n) is 3.66. The molecule has 92 valence electrons. The Morgan fingerprint density at radius 3 is 2.89 bits per heavy atom. The molecule has 1 aliphatic carbocycles. The number of hydrogen-bond acceptors (Lipinski definition) is 3. The number of imidazole rings is 1. The molecule has 5 heteroatoms. The van der Waals surface area contributed by atoms with Crippen molar-refractivity contribution in [2.24, 2.45) is 0 Å². The van der Waals surface area contributed by atoms with Crippen LogP contribution in [0.5, 0.6) is 0 Å². The number of aromatic nitrogens is 3. The van der Waals surface area contributed by atoms with Gasteiger partial charge in [-0.2, -0.15) is 5.26 Å². The van der Waals surface area contributed by atoms with Gasteiger partial charge in [0.05, 0.1) is 17.2 Å².